The molecular weight excluding hydrogens is 261 g/mol. The zero-order valence-electron chi connectivity index (χ0n) is 9.43. The average Bonchev–Trinajstić information content (AvgIpc) is 3.09. The van der Waals surface area contributed by atoms with E-state index in [9.17, 15) is 5.11 Å². The van der Waals surface area contributed by atoms with E-state index in [1.165, 1.54) is 12.8 Å². The number of para-hydroxylation sites is 1. The fraction of sp³-hybridized carbons (Fsp3) is 0.500. The van der Waals surface area contributed by atoms with Gasteiger partial charge in [0.1, 0.15) is 18.5 Å². The first-order valence-corrected chi connectivity index (χ1v) is 5.92. The fourth-order valence-electron chi connectivity index (χ4n) is 1.40. The molecule has 0 aromatic heterocycles. The predicted molar refractivity (Wildman–Crippen MR) is 71.2 cm³/mol. The van der Waals surface area contributed by atoms with Gasteiger partial charge in [-0.3, -0.25) is 0 Å². The van der Waals surface area contributed by atoms with Crippen LogP contribution in [-0.2, 0) is 0 Å². The van der Waals surface area contributed by atoms with Gasteiger partial charge in [-0.05, 0) is 25.0 Å². The topological polar surface area (TPSA) is 41.5 Å². The van der Waals surface area contributed by atoms with Gasteiger partial charge in [-0.25, -0.2) is 0 Å². The van der Waals surface area contributed by atoms with Crippen LogP contribution < -0.4 is 10.1 Å². The Morgan fingerprint density at radius 2 is 2.12 bits per heavy atom. The van der Waals surface area contributed by atoms with E-state index in [0.717, 1.165) is 0 Å². The Kier molecular flexibility index (Phi) is 6.06. The number of aliphatic hydroxyl groups is 1. The maximum absolute atomic E-state index is 9.65. The molecule has 96 valence electrons. The van der Waals surface area contributed by atoms with Crippen LogP contribution in [0.2, 0.25) is 5.02 Å². The molecule has 0 spiro atoms. The minimum atomic E-state index is -0.489. The van der Waals surface area contributed by atoms with E-state index >= 15 is 0 Å². The van der Waals surface area contributed by atoms with E-state index < -0.39 is 6.10 Å². The number of ether oxygens (including phenoxy) is 1. The minimum absolute atomic E-state index is 0. The highest BCUT2D eigenvalue weighted by molar-refractivity contribution is 6.32. The van der Waals surface area contributed by atoms with E-state index in [4.69, 9.17) is 16.3 Å². The molecule has 2 rings (SSSR count). The van der Waals surface area contributed by atoms with Crippen LogP contribution in [-0.4, -0.2) is 30.4 Å². The lowest BCUT2D eigenvalue weighted by molar-refractivity contribution is 0.106. The molecule has 0 heterocycles. The summed E-state index contributed by atoms with van der Waals surface area (Å²) in [7, 11) is 0. The normalized spacial score (nSPS) is 16.1. The highest BCUT2D eigenvalue weighted by atomic mass is 35.5. The maximum Gasteiger partial charge on any atom is 0.138 e. The summed E-state index contributed by atoms with van der Waals surface area (Å²) in [6.45, 7) is 0.846. The summed E-state index contributed by atoms with van der Waals surface area (Å²) in [5, 5.41) is 13.5. The third-order valence-electron chi connectivity index (χ3n) is 2.49. The van der Waals surface area contributed by atoms with Crippen LogP contribution in [0.1, 0.15) is 12.8 Å². The molecule has 5 heteroatoms. The van der Waals surface area contributed by atoms with Gasteiger partial charge in [0.2, 0.25) is 0 Å². The molecule has 1 unspecified atom stereocenters. The van der Waals surface area contributed by atoms with Gasteiger partial charge in [0, 0.05) is 12.6 Å². The van der Waals surface area contributed by atoms with Crippen molar-refractivity contribution in [2.45, 2.75) is 25.0 Å². The Bertz CT molecular complexity index is 345. The molecule has 0 saturated heterocycles. The first kappa shape index (κ1) is 14.6. The standard InChI is InChI=1S/C12H16ClNO2.ClH/c13-11-3-1-2-4-12(11)16-8-10(15)7-14-9-5-6-9;/h1-4,9-10,14-15H,5-8H2;1H. The van der Waals surface area contributed by atoms with Crippen molar-refractivity contribution in [3.63, 3.8) is 0 Å². The average molecular weight is 278 g/mol. The molecule has 1 fully saturated rings. The molecule has 0 bridgehead atoms. The number of aliphatic hydroxyl groups excluding tert-OH is 1. The first-order valence-electron chi connectivity index (χ1n) is 5.54. The molecular formula is C12H17Cl2NO2. The SMILES string of the molecule is Cl.OC(CNC1CC1)COc1ccccc1Cl. The second-order valence-electron chi connectivity index (χ2n) is 4.08. The van der Waals surface area contributed by atoms with E-state index in [-0.39, 0.29) is 19.0 Å². The van der Waals surface area contributed by atoms with Crippen LogP contribution in [0.3, 0.4) is 0 Å². The Hall–Kier alpha value is -0.480. The van der Waals surface area contributed by atoms with Crippen LogP contribution in [0.15, 0.2) is 24.3 Å². The van der Waals surface area contributed by atoms with Crippen molar-refractivity contribution in [1.82, 2.24) is 5.32 Å². The van der Waals surface area contributed by atoms with E-state index in [1.807, 2.05) is 12.1 Å². The molecule has 17 heavy (non-hydrogen) atoms. The summed E-state index contributed by atoms with van der Waals surface area (Å²) in [4.78, 5) is 0. The highest BCUT2D eigenvalue weighted by Gasteiger charge is 2.21. The van der Waals surface area contributed by atoms with E-state index in [2.05, 4.69) is 5.32 Å². The van der Waals surface area contributed by atoms with Gasteiger partial charge in [0.15, 0.2) is 0 Å². The van der Waals surface area contributed by atoms with Gasteiger partial charge in [-0.1, -0.05) is 23.7 Å². The van der Waals surface area contributed by atoms with Crippen LogP contribution in [0.25, 0.3) is 0 Å². The first-order chi connectivity index (χ1) is 7.75. The maximum atomic E-state index is 9.65. The molecule has 0 radical (unpaired) electrons. The summed E-state index contributed by atoms with van der Waals surface area (Å²) in [6, 6.07) is 7.88. The Balaban J connectivity index is 0.00000144. The Morgan fingerprint density at radius 1 is 1.41 bits per heavy atom. The number of benzene rings is 1. The predicted octanol–water partition coefficient (Wildman–Crippen LogP) is 2.25. The highest BCUT2D eigenvalue weighted by Crippen LogP contribution is 2.23. The molecule has 0 amide bonds. The summed E-state index contributed by atoms with van der Waals surface area (Å²) in [5.74, 6) is 0.620. The molecule has 1 saturated carbocycles. The van der Waals surface area contributed by atoms with Crippen LogP contribution in [0.5, 0.6) is 5.75 Å². The van der Waals surface area contributed by atoms with Crippen molar-refractivity contribution in [2.75, 3.05) is 13.2 Å². The summed E-state index contributed by atoms with van der Waals surface area (Å²) in [6.07, 6.45) is 1.95. The fourth-order valence-corrected chi connectivity index (χ4v) is 1.59. The third kappa shape index (κ3) is 5.13. The zero-order chi connectivity index (χ0) is 11.4. The van der Waals surface area contributed by atoms with Crippen molar-refractivity contribution in [1.29, 1.82) is 0 Å². The van der Waals surface area contributed by atoms with Gasteiger partial charge < -0.3 is 15.2 Å². The second-order valence-corrected chi connectivity index (χ2v) is 4.48. The number of rotatable bonds is 6. The van der Waals surface area contributed by atoms with Crippen molar-refractivity contribution < 1.29 is 9.84 Å². The van der Waals surface area contributed by atoms with Gasteiger partial charge in [0.05, 0.1) is 5.02 Å². The number of nitrogens with one attached hydrogen (secondary N) is 1. The van der Waals surface area contributed by atoms with E-state index in [0.29, 0.717) is 23.4 Å². The molecule has 1 atom stereocenters. The number of halogens is 2. The molecule has 1 aliphatic carbocycles. The summed E-state index contributed by atoms with van der Waals surface area (Å²) >= 11 is 5.92. The largest absolute Gasteiger partial charge is 0.489 e. The molecule has 1 aliphatic rings. The van der Waals surface area contributed by atoms with Crippen LogP contribution in [0, 0.1) is 0 Å². The lowest BCUT2D eigenvalue weighted by Gasteiger charge is -2.13. The minimum Gasteiger partial charge on any atom is -0.489 e. The smallest absolute Gasteiger partial charge is 0.138 e. The lowest BCUT2D eigenvalue weighted by Crippen LogP contribution is -2.32. The summed E-state index contributed by atoms with van der Waals surface area (Å²) in [5.41, 5.74) is 0. The van der Waals surface area contributed by atoms with Gasteiger partial charge in [-0.2, -0.15) is 0 Å². The van der Waals surface area contributed by atoms with Gasteiger partial charge in [-0.15, -0.1) is 12.4 Å². The van der Waals surface area contributed by atoms with Crippen LogP contribution in [0.4, 0.5) is 0 Å². The Labute approximate surface area is 113 Å². The summed E-state index contributed by atoms with van der Waals surface area (Å²) < 4.78 is 5.43. The van der Waals surface area contributed by atoms with Gasteiger partial charge >= 0.3 is 0 Å². The molecule has 1 aromatic rings. The number of hydrogen-bond acceptors (Lipinski definition) is 3. The third-order valence-corrected chi connectivity index (χ3v) is 2.80. The van der Waals surface area contributed by atoms with Crippen LogP contribution >= 0.6 is 24.0 Å². The molecule has 1 aromatic carbocycles. The Morgan fingerprint density at radius 3 is 2.76 bits per heavy atom. The lowest BCUT2D eigenvalue weighted by atomic mass is 10.3. The zero-order valence-corrected chi connectivity index (χ0v) is 11.0. The van der Waals surface area contributed by atoms with Crippen molar-refractivity contribution in [2.24, 2.45) is 0 Å². The number of hydrogen-bond donors (Lipinski definition) is 2. The van der Waals surface area contributed by atoms with E-state index in [1.54, 1.807) is 12.1 Å². The van der Waals surface area contributed by atoms with Crippen molar-refractivity contribution in [3.8, 4) is 5.75 Å². The second kappa shape index (κ2) is 7.07. The molecule has 3 nitrogen and oxygen atoms in total. The van der Waals surface area contributed by atoms with Crippen molar-refractivity contribution in [3.05, 3.63) is 29.3 Å². The monoisotopic (exact) mass is 277 g/mol. The van der Waals surface area contributed by atoms with Crippen molar-refractivity contribution >= 4 is 24.0 Å². The molecule has 0 aliphatic heterocycles. The molecule has 2 N–H and O–H groups in total. The van der Waals surface area contributed by atoms with Gasteiger partial charge in [0.25, 0.3) is 0 Å². The quantitative estimate of drug-likeness (QED) is 0.838.